The smallest absolute Gasteiger partial charge is 0.333 e. The lowest BCUT2D eigenvalue weighted by molar-refractivity contribution is -0.137. The number of nitrogens with one attached hydrogen (secondary N) is 1. The number of hydrogen-bond donors (Lipinski definition) is 2. The van der Waals surface area contributed by atoms with Crippen molar-refractivity contribution in [3.63, 3.8) is 0 Å². The molecule has 2 saturated heterocycles. The van der Waals surface area contributed by atoms with Crippen LogP contribution in [0.15, 0.2) is 42.0 Å². The predicted molar refractivity (Wildman–Crippen MR) is 154 cm³/mol. The van der Waals surface area contributed by atoms with Crippen LogP contribution in [0.4, 0.5) is 13.2 Å². The largest absolute Gasteiger partial charge is 0.488 e. The van der Waals surface area contributed by atoms with Crippen molar-refractivity contribution in [2.24, 2.45) is 0 Å². The first-order chi connectivity index (χ1) is 21.2. The SMILES string of the molecule is O=C(O)C1=C(c2ccc(CCCOc3c(F)ccc(F)c3F)cc2)CC2CN(C(=O)CCCC(=O)N3CCOCC3)CC1N2. The fourth-order valence-electron chi connectivity index (χ4n) is 6.05. The maximum absolute atomic E-state index is 13.8. The number of aliphatic carboxylic acids is 1. The Labute approximate surface area is 253 Å². The van der Waals surface area contributed by atoms with E-state index < -0.39 is 35.2 Å². The number of morpholine rings is 1. The lowest BCUT2D eigenvalue weighted by Crippen LogP contribution is -2.61. The number of carbonyl (C=O) groups is 3. The van der Waals surface area contributed by atoms with Gasteiger partial charge in [0, 0.05) is 45.1 Å². The molecule has 2 unspecified atom stereocenters. The van der Waals surface area contributed by atoms with Crippen LogP contribution in [0.3, 0.4) is 0 Å². The quantitative estimate of drug-likeness (QED) is 0.294. The summed E-state index contributed by atoms with van der Waals surface area (Å²) in [6.45, 7) is 2.88. The van der Waals surface area contributed by atoms with E-state index in [4.69, 9.17) is 9.47 Å². The standard InChI is InChI=1S/C32H36F3N3O6/c33-24-10-11-25(34)31(30(24)35)44-14-2-3-20-6-8-21(9-7-20)23-17-22-18-38(19-26(36-22)29(23)32(41)42)28(40)5-1-4-27(39)37-12-15-43-16-13-37/h6-11,22,26,36H,1-5,12-19H2,(H,41,42). The number of halogens is 3. The average molecular weight is 616 g/mol. The van der Waals surface area contributed by atoms with E-state index in [1.807, 2.05) is 24.3 Å². The molecule has 44 heavy (non-hydrogen) atoms. The monoisotopic (exact) mass is 615 g/mol. The molecule has 2 N–H and O–H groups in total. The lowest BCUT2D eigenvalue weighted by atomic mass is 9.83. The van der Waals surface area contributed by atoms with Gasteiger partial charge in [-0.3, -0.25) is 9.59 Å². The Kier molecular flexibility index (Phi) is 10.2. The van der Waals surface area contributed by atoms with Crippen LogP contribution in [0.5, 0.6) is 5.75 Å². The number of benzene rings is 2. The third-order valence-corrected chi connectivity index (χ3v) is 8.29. The fourth-order valence-corrected chi connectivity index (χ4v) is 6.05. The van der Waals surface area contributed by atoms with E-state index in [2.05, 4.69) is 5.32 Å². The average Bonchev–Trinajstić information content (AvgIpc) is 3.02. The number of amides is 2. The molecule has 3 aliphatic heterocycles. The second kappa shape index (κ2) is 14.3. The first kappa shape index (κ1) is 31.5. The van der Waals surface area contributed by atoms with Crippen molar-refractivity contribution in [1.82, 2.24) is 15.1 Å². The summed E-state index contributed by atoms with van der Waals surface area (Å²) in [5, 5.41) is 13.5. The van der Waals surface area contributed by atoms with Crippen molar-refractivity contribution in [1.29, 1.82) is 0 Å². The number of rotatable bonds is 11. The molecule has 12 heteroatoms. The van der Waals surface area contributed by atoms with Gasteiger partial charge in [-0.25, -0.2) is 13.6 Å². The highest BCUT2D eigenvalue weighted by molar-refractivity contribution is 5.99. The number of carboxylic acid groups (broad SMARTS) is 1. The van der Waals surface area contributed by atoms with Crippen molar-refractivity contribution >= 4 is 23.4 Å². The minimum atomic E-state index is -1.35. The molecule has 2 amide bonds. The summed E-state index contributed by atoms with van der Waals surface area (Å²) in [4.78, 5) is 41.3. The zero-order chi connectivity index (χ0) is 31.2. The van der Waals surface area contributed by atoms with Crippen molar-refractivity contribution in [2.75, 3.05) is 46.0 Å². The molecule has 0 saturated carbocycles. The van der Waals surface area contributed by atoms with Gasteiger partial charge in [0.15, 0.2) is 17.4 Å². The first-order valence-corrected chi connectivity index (χ1v) is 14.9. The van der Waals surface area contributed by atoms with Crippen molar-refractivity contribution in [3.05, 3.63) is 70.5 Å². The van der Waals surface area contributed by atoms with Crippen LogP contribution in [0.25, 0.3) is 5.57 Å². The van der Waals surface area contributed by atoms with Crippen LogP contribution in [-0.2, 0) is 25.5 Å². The number of fused-ring (bicyclic) bond motifs is 2. The zero-order valence-electron chi connectivity index (χ0n) is 24.3. The van der Waals surface area contributed by atoms with E-state index in [0.717, 1.165) is 22.8 Å². The third kappa shape index (κ3) is 7.41. The Morgan fingerprint density at radius 3 is 2.30 bits per heavy atom. The summed E-state index contributed by atoms with van der Waals surface area (Å²) in [5.74, 6) is -5.34. The Balaban J connectivity index is 1.16. The van der Waals surface area contributed by atoms with Gasteiger partial charge in [-0.2, -0.15) is 4.39 Å². The summed E-state index contributed by atoms with van der Waals surface area (Å²) in [5.41, 5.74) is 2.67. The van der Waals surface area contributed by atoms with E-state index in [-0.39, 0.29) is 43.0 Å². The molecule has 0 aromatic heterocycles. The molecule has 2 atom stereocenters. The van der Waals surface area contributed by atoms with Crippen molar-refractivity contribution in [3.8, 4) is 5.75 Å². The number of nitrogens with zero attached hydrogens (tertiary/aromatic N) is 2. The van der Waals surface area contributed by atoms with Gasteiger partial charge in [-0.05, 0) is 54.5 Å². The van der Waals surface area contributed by atoms with Crippen LogP contribution >= 0.6 is 0 Å². The fraction of sp³-hybridized carbons (Fsp3) is 0.469. The Morgan fingerprint density at radius 1 is 0.909 bits per heavy atom. The Hall–Kier alpha value is -3.90. The topological polar surface area (TPSA) is 108 Å². The van der Waals surface area contributed by atoms with E-state index in [1.54, 1.807) is 9.80 Å². The van der Waals surface area contributed by atoms with Crippen molar-refractivity contribution in [2.45, 2.75) is 50.6 Å². The summed E-state index contributed by atoms with van der Waals surface area (Å²) < 4.78 is 51.3. The van der Waals surface area contributed by atoms with E-state index >= 15 is 0 Å². The molecule has 2 aromatic carbocycles. The number of carbonyl (C=O) groups excluding carboxylic acids is 2. The summed E-state index contributed by atoms with van der Waals surface area (Å²) in [6, 6.07) is 8.35. The van der Waals surface area contributed by atoms with E-state index in [1.165, 1.54) is 0 Å². The number of piperazine rings is 1. The highest BCUT2D eigenvalue weighted by atomic mass is 19.2. The van der Waals surface area contributed by atoms with Gasteiger partial charge in [-0.1, -0.05) is 24.3 Å². The maximum atomic E-state index is 13.8. The lowest BCUT2D eigenvalue weighted by Gasteiger charge is -2.43. The number of aryl methyl sites for hydroxylation is 1. The van der Waals surface area contributed by atoms with Crippen molar-refractivity contribution < 1.29 is 42.1 Å². The van der Waals surface area contributed by atoms with E-state index in [9.17, 15) is 32.7 Å². The second-order valence-electron chi connectivity index (χ2n) is 11.3. The molecule has 0 spiro atoms. The van der Waals surface area contributed by atoms with Gasteiger partial charge in [0.25, 0.3) is 0 Å². The van der Waals surface area contributed by atoms with Gasteiger partial charge in [0.2, 0.25) is 17.6 Å². The predicted octanol–water partition coefficient (Wildman–Crippen LogP) is 3.56. The Morgan fingerprint density at radius 2 is 1.59 bits per heavy atom. The van der Waals surface area contributed by atoms with Gasteiger partial charge in [0.1, 0.15) is 0 Å². The molecule has 2 fully saturated rings. The normalized spacial score (nSPS) is 20.1. The number of ether oxygens (including phenoxy) is 2. The maximum Gasteiger partial charge on any atom is 0.333 e. The molecule has 2 bridgehead atoms. The van der Waals surface area contributed by atoms with E-state index in [0.29, 0.717) is 71.0 Å². The molecule has 0 aliphatic carbocycles. The van der Waals surface area contributed by atoms with Gasteiger partial charge in [-0.15, -0.1) is 0 Å². The summed E-state index contributed by atoms with van der Waals surface area (Å²) >= 11 is 0. The minimum Gasteiger partial charge on any atom is -0.488 e. The molecular weight excluding hydrogens is 579 g/mol. The van der Waals surface area contributed by atoms with Gasteiger partial charge in [0.05, 0.1) is 31.4 Å². The molecule has 0 radical (unpaired) electrons. The molecule has 3 aliphatic rings. The number of hydrogen-bond acceptors (Lipinski definition) is 6. The first-order valence-electron chi connectivity index (χ1n) is 14.9. The Bertz CT molecular complexity index is 1410. The van der Waals surface area contributed by atoms with Crippen LogP contribution < -0.4 is 10.1 Å². The third-order valence-electron chi connectivity index (χ3n) is 8.29. The minimum absolute atomic E-state index is 0.0121. The molecule has 2 aromatic rings. The summed E-state index contributed by atoms with van der Waals surface area (Å²) in [7, 11) is 0. The summed E-state index contributed by atoms with van der Waals surface area (Å²) in [6.07, 6.45) is 2.37. The second-order valence-corrected chi connectivity index (χ2v) is 11.3. The number of carboxylic acids is 1. The highest BCUT2D eigenvalue weighted by Crippen LogP contribution is 2.34. The van der Waals surface area contributed by atoms with Gasteiger partial charge < -0.3 is 29.7 Å². The molecule has 3 heterocycles. The highest BCUT2D eigenvalue weighted by Gasteiger charge is 2.39. The molecule has 9 nitrogen and oxygen atoms in total. The molecule has 236 valence electrons. The zero-order valence-corrected chi connectivity index (χ0v) is 24.3. The van der Waals surface area contributed by atoms with Crippen LogP contribution in [0.2, 0.25) is 0 Å². The molecular formula is C32H36F3N3O6. The van der Waals surface area contributed by atoms with Crippen LogP contribution in [-0.4, -0.2) is 90.8 Å². The van der Waals surface area contributed by atoms with Crippen LogP contribution in [0, 0.1) is 17.5 Å². The van der Waals surface area contributed by atoms with Gasteiger partial charge >= 0.3 is 5.97 Å². The molecule has 5 rings (SSSR count). The van der Waals surface area contributed by atoms with Crippen LogP contribution in [0.1, 0.15) is 43.2 Å².